The van der Waals surface area contributed by atoms with Crippen molar-refractivity contribution in [1.29, 1.82) is 0 Å². The minimum Gasteiger partial charge on any atom is -0.355 e. The third-order valence-electron chi connectivity index (χ3n) is 3.86. The van der Waals surface area contributed by atoms with E-state index in [4.69, 9.17) is 0 Å². The van der Waals surface area contributed by atoms with E-state index < -0.39 is 0 Å². The van der Waals surface area contributed by atoms with Crippen LogP contribution in [0.5, 0.6) is 0 Å². The molecule has 2 amide bonds. The predicted octanol–water partition coefficient (Wildman–Crippen LogP) is 2.37. The van der Waals surface area contributed by atoms with E-state index in [1.165, 1.54) is 5.56 Å². The van der Waals surface area contributed by atoms with Crippen molar-refractivity contribution in [3.8, 4) is 0 Å². The van der Waals surface area contributed by atoms with E-state index in [-0.39, 0.29) is 17.2 Å². The van der Waals surface area contributed by atoms with Crippen LogP contribution in [0.4, 0.5) is 0 Å². The summed E-state index contributed by atoms with van der Waals surface area (Å²) in [6.07, 6.45) is 1.85. The number of hydrogen-bond acceptors (Lipinski definition) is 2. The number of carbonyl (C=O) groups is 2. The Bertz CT molecular complexity index is 558. The fourth-order valence-corrected chi connectivity index (χ4v) is 2.69. The van der Waals surface area contributed by atoms with E-state index in [0.29, 0.717) is 12.1 Å². The fraction of sp³-hybridized carbons (Fsp3) is 0.529. The summed E-state index contributed by atoms with van der Waals surface area (Å²) in [7, 11) is 1.64. The van der Waals surface area contributed by atoms with Crippen molar-refractivity contribution >= 4 is 11.8 Å². The van der Waals surface area contributed by atoms with Gasteiger partial charge < -0.3 is 10.2 Å². The maximum absolute atomic E-state index is 12.5. The van der Waals surface area contributed by atoms with Gasteiger partial charge >= 0.3 is 0 Å². The molecule has 1 aromatic rings. The van der Waals surface area contributed by atoms with E-state index in [1.807, 2.05) is 43.9 Å². The highest BCUT2D eigenvalue weighted by Gasteiger charge is 2.28. The van der Waals surface area contributed by atoms with Gasteiger partial charge in [-0.2, -0.15) is 0 Å². The number of amides is 2. The molecule has 114 valence electrons. The van der Waals surface area contributed by atoms with Crippen LogP contribution in [0.3, 0.4) is 0 Å². The molecule has 0 atom stereocenters. The molecular weight excluding hydrogens is 264 g/mol. The molecule has 2 rings (SSSR count). The molecule has 4 heteroatoms. The molecule has 0 saturated heterocycles. The molecule has 1 aliphatic heterocycles. The number of aryl methyl sites for hydroxylation is 1. The second-order valence-corrected chi connectivity index (χ2v) is 6.64. The van der Waals surface area contributed by atoms with Crippen molar-refractivity contribution in [2.24, 2.45) is 5.41 Å². The van der Waals surface area contributed by atoms with Gasteiger partial charge in [0.25, 0.3) is 5.91 Å². The Morgan fingerprint density at radius 3 is 2.52 bits per heavy atom. The third-order valence-corrected chi connectivity index (χ3v) is 3.86. The number of nitrogens with one attached hydrogen (secondary N) is 1. The van der Waals surface area contributed by atoms with Gasteiger partial charge in [-0.1, -0.05) is 26.8 Å². The largest absolute Gasteiger partial charge is 0.355 e. The Labute approximate surface area is 126 Å². The van der Waals surface area contributed by atoms with E-state index >= 15 is 0 Å². The van der Waals surface area contributed by atoms with Crippen LogP contribution in [0.1, 0.15) is 48.7 Å². The van der Waals surface area contributed by atoms with Crippen LogP contribution in [-0.4, -0.2) is 30.3 Å². The second kappa shape index (κ2) is 5.88. The molecule has 21 heavy (non-hydrogen) atoms. The first-order valence-electron chi connectivity index (χ1n) is 7.46. The van der Waals surface area contributed by atoms with Gasteiger partial charge in [0.15, 0.2) is 0 Å². The van der Waals surface area contributed by atoms with Gasteiger partial charge in [0.05, 0.1) is 0 Å². The molecule has 1 aromatic carbocycles. The molecule has 1 N–H and O–H groups in total. The van der Waals surface area contributed by atoms with E-state index in [2.05, 4.69) is 5.32 Å². The lowest BCUT2D eigenvalue weighted by molar-refractivity contribution is -0.140. The van der Waals surface area contributed by atoms with Gasteiger partial charge in [0, 0.05) is 31.1 Å². The Kier molecular flexibility index (Phi) is 4.35. The Morgan fingerprint density at radius 2 is 1.90 bits per heavy atom. The third kappa shape index (κ3) is 3.43. The van der Waals surface area contributed by atoms with Gasteiger partial charge in [-0.25, -0.2) is 0 Å². The highest BCUT2D eigenvalue weighted by atomic mass is 16.2. The Morgan fingerprint density at radius 1 is 1.19 bits per heavy atom. The lowest BCUT2D eigenvalue weighted by Crippen LogP contribution is -2.39. The molecule has 4 nitrogen and oxygen atoms in total. The van der Waals surface area contributed by atoms with Crippen molar-refractivity contribution in [1.82, 2.24) is 10.2 Å². The summed E-state index contributed by atoms with van der Waals surface area (Å²) in [5.41, 5.74) is 2.66. The summed E-state index contributed by atoms with van der Waals surface area (Å²) < 4.78 is 0. The molecule has 0 aliphatic carbocycles. The lowest BCUT2D eigenvalue weighted by atomic mass is 9.94. The predicted molar refractivity (Wildman–Crippen MR) is 83.0 cm³/mol. The van der Waals surface area contributed by atoms with Crippen LogP contribution < -0.4 is 5.32 Å². The molecular formula is C17H24N2O2. The van der Waals surface area contributed by atoms with Gasteiger partial charge in [-0.3, -0.25) is 9.59 Å². The lowest BCUT2D eigenvalue weighted by Gasteiger charge is -2.28. The topological polar surface area (TPSA) is 49.4 Å². The highest BCUT2D eigenvalue weighted by molar-refractivity contribution is 5.94. The number of benzene rings is 1. The average molecular weight is 288 g/mol. The first kappa shape index (κ1) is 15.5. The van der Waals surface area contributed by atoms with E-state index in [0.717, 1.165) is 24.9 Å². The number of rotatable bonds is 1. The number of nitrogens with zero attached hydrogens (tertiary/aromatic N) is 1. The summed E-state index contributed by atoms with van der Waals surface area (Å²) in [5, 5.41) is 2.65. The van der Waals surface area contributed by atoms with Crippen molar-refractivity contribution in [2.75, 3.05) is 13.6 Å². The number of fused-ring (bicyclic) bond motifs is 1. The summed E-state index contributed by atoms with van der Waals surface area (Å²) in [6, 6.07) is 5.77. The molecule has 0 saturated carbocycles. The van der Waals surface area contributed by atoms with Gasteiger partial charge in [-0.15, -0.1) is 0 Å². The Hall–Kier alpha value is -1.84. The zero-order valence-electron chi connectivity index (χ0n) is 13.3. The molecule has 0 aromatic heterocycles. The summed E-state index contributed by atoms with van der Waals surface area (Å²) in [5.74, 6) is 0.121. The standard InChI is InChI=1S/C17H24N2O2/c1-17(2,3)16(21)19-9-5-6-12-10-13(15(20)18-4)7-8-14(12)11-19/h7-8,10H,5-6,9,11H2,1-4H3,(H,18,20). The second-order valence-electron chi connectivity index (χ2n) is 6.64. The van der Waals surface area contributed by atoms with Crippen molar-refractivity contribution < 1.29 is 9.59 Å². The Balaban J connectivity index is 2.26. The minimum absolute atomic E-state index is 0.0651. The van der Waals surface area contributed by atoms with E-state index in [1.54, 1.807) is 7.05 Å². The van der Waals surface area contributed by atoms with Crippen molar-refractivity contribution in [3.63, 3.8) is 0 Å². The number of hydrogen-bond donors (Lipinski definition) is 1. The van der Waals surface area contributed by atoms with Crippen LogP contribution in [0, 0.1) is 5.41 Å². The van der Waals surface area contributed by atoms with Crippen molar-refractivity contribution in [3.05, 3.63) is 34.9 Å². The van der Waals surface area contributed by atoms with Gasteiger partial charge in [-0.05, 0) is 36.1 Å². The van der Waals surface area contributed by atoms with Crippen LogP contribution in [-0.2, 0) is 17.8 Å². The summed E-state index contributed by atoms with van der Waals surface area (Å²) in [6.45, 7) is 7.28. The van der Waals surface area contributed by atoms with Crippen LogP contribution in [0.2, 0.25) is 0 Å². The first-order valence-corrected chi connectivity index (χ1v) is 7.46. The first-order chi connectivity index (χ1) is 9.82. The fourth-order valence-electron chi connectivity index (χ4n) is 2.69. The van der Waals surface area contributed by atoms with Crippen LogP contribution >= 0.6 is 0 Å². The zero-order chi connectivity index (χ0) is 15.6. The highest BCUT2D eigenvalue weighted by Crippen LogP contribution is 2.24. The van der Waals surface area contributed by atoms with E-state index in [9.17, 15) is 9.59 Å². The number of carbonyl (C=O) groups excluding carboxylic acids is 2. The monoisotopic (exact) mass is 288 g/mol. The maximum atomic E-state index is 12.5. The molecule has 0 unspecified atom stereocenters. The van der Waals surface area contributed by atoms with Crippen LogP contribution in [0.15, 0.2) is 18.2 Å². The molecule has 0 bridgehead atoms. The average Bonchev–Trinajstić information content (AvgIpc) is 2.65. The summed E-state index contributed by atoms with van der Waals surface area (Å²) >= 11 is 0. The minimum atomic E-state index is -0.355. The SMILES string of the molecule is CNC(=O)c1ccc2c(c1)CCCN(C(=O)C(C)(C)C)C2. The van der Waals surface area contributed by atoms with Crippen molar-refractivity contribution in [2.45, 2.75) is 40.2 Å². The maximum Gasteiger partial charge on any atom is 0.251 e. The molecule has 0 radical (unpaired) electrons. The molecule has 0 spiro atoms. The zero-order valence-corrected chi connectivity index (χ0v) is 13.3. The van der Waals surface area contributed by atoms with Gasteiger partial charge in [0.1, 0.15) is 0 Å². The summed E-state index contributed by atoms with van der Waals surface area (Å²) in [4.78, 5) is 26.1. The molecule has 1 heterocycles. The molecule has 0 fully saturated rings. The van der Waals surface area contributed by atoms with Crippen LogP contribution in [0.25, 0.3) is 0 Å². The van der Waals surface area contributed by atoms with Gasteiger partial charge in [0.2, 0.25) is 5.91 Å². The normalized spacial score (nSPS) is 15.1. The molecule has 1 aliphatic rings. The smallest absolute Gasteiger partial charge is 0.251 e. The quantitative estimate of drug-likeness (QED) is 0.862.